The third-order valence-electron chi connectivity index (χ3n) is 4.41. The number of carbonyl (C=O) groups excluding carboxylic acids is 1. The lowest BCUT2D eigenvalue weighted by atomic mass is 10.1. The molecular formula is C19H15F2N3O4S2. The van der Waals surface area contributed by atoms with Gasteiger partial charge in [-0.05, 0) is 43.3 Å². The van der Waals surface area contributed by atoms with E-state index in [4.69, 9.17) is 4.52 Å². The van der Waals surface area contributed by atoms with Gasteiger partial charge in [-0.25, -0.2) is 17.2 Å². The molecule has 1 fully saturated rings. The summed E-state index contributed by atoms with van der Waals surface area (Å²) in [7, 11) is -3.93. The van der Waals surface area contributed by atoms with Gasteiger partial charge in [0.2, 0.25) is 5.91 Å². The monoisotopic (exact) mass is 451 g/mol. The molecule has 1 aliphatic heterocycles. The standard InChI is InChI=1S/C19H15F2N3O4S2/c1-11-9-16(22-28-11)23-30(26,27)13-7-5-12(6-8-13)24-17(25)10-29-19(24)18-14(20)3-2-4-15(18)21/h2-9,19H,10H2,1H3,(H,22,23). The van der Waals surface area contributed by atoms with Crippen LogP contribution in [0, 0.1) is 18.6 Å². The summed E-state index contributed by atoms with van der Waals surface area (Å²) in [5, 5.41) is 2.69. The summed E-state index contributed by atoms with van der Waals surface area (Å²) in [6, 6.07) is 10.4. The van der Waals surface area contributed by atoms with Gasteiger partial charge in [0.25, 0.3) is 10.0 Å². The number of thioether (sulfide) groups is 1. The van der Waals surface area contributed by atoms with E-state index in [-0.39, 0.29) is 27.9 Å². The Morgan fingerprint density at radius 1 is 1.17 bits per heavy atom. The molecule has 156 valence electrons. The maximum absolute atomic E-state index is 14.3. The number of nitrogens with zero attached hydrogens (tertiary/aromatic N) is 2. The Morgan fingerprint density at radius 2 is 1.83 bits per heavy atom. The molecule has 1 saturated heterocycles. The molecule has 0 saturated carbocycles. The van der Waals surface area contributed by atoms with Crippen LogP contribution in [-0.2, 0) is 14.8 Å². The molecule has 11 heteroatoms. The van der Waals surface area contributed by atoms with E-state index in [1.165, 1.54) is 41.3 Å². The number of anilines is 2. The summed E-state index contributed by atoms with van der Waals surface area (Å²) >= 11 is 1.10. The van der Waals surface area contributed by atoms with E-state index in [1.54, 1.807) is 6.92 Å². The Bertz CT molecular complexity index is 1190. The lowest BCUT2D eigenvalue weighted by molar-refractivity contribution is -0.115. The summed E-state index contributed by atoms with van der Waals surface area (Å²) < 4.78 is 60.6. The minimum Gasteiger partial charge on any atom is -0.360 e. The predicted octanol–water partition coefficient (Wildman–Crippen LogP) is 3.84. The molecule has 0 aliphatic carbocycles. The summed E-state index contributed by atoms with van der Waals surface area (Å²) in [6.45, 7) is 1.62. The van der Waals surface area contributed by atoms with Gasteiger partial charge >= 0.3 is 0 Å². The lowest BCUT2D eigenvalue weighted by Gasteiger charge is -2.25. The van der Waals surface area contributed by atoms with Gasteiger partial charge in [0.1, 0.15) is 22.8 Å². The fraction of sp³-hybridized carbons (Fsp3) is 0.158. The molecule has 1 aromatic heterocycles. The molecule has 0 bridgehead atoms. The SMILES string of the molecule is Cc1cc(NS(=O)(=O)c2ccc(N3C(=O)CSC3c3c(F)cccc3F)cc2)no1. The van der Waals surface area contributed by atoms with Crippen molar-refractivity contribution in [2.24, 2.45) is 0 Å². The summed E-state index contributed by atoms with van der Waals surface area (Å²) in [6.07, 6.45) is 0. The molecule has 0 spiro atoms. The summed E-state index contributed by atoms with van der Waals surface area (Å²) in [5.41, 5.74) is 0.113. The van der Waals surface area contributed by atoms with Crippen LogP contribution in [-0.4, -0.2) is 25.2 Å². The van der Waals surface area contributed by atoms with Crippen LogP contribution in [0.1, 0.15) is 16.7 Å². The molecule has 1 aliphatic rings. The van der Waals surface area contributed by atoms with Gasteiger partial charge in [0.05, 0.1) is 16.2 Å². The zero-order valence-electron chi connectivity index (χ0n) is 15.5. The van der Waals surface area contributed by atoms with Crippen molar-refractivity contribution in [2.45, 2.75) is 17.2 Å². The molecule has 0 radical (unpaired) electrons. The van der Waals surface area contributed by atoms with Crippen molar-refractivity contribution in [1.82, 2.24) is 5.16 Å². The first-order valence-corrected chi connectivity index (χ1v) is 11.2. The maximum Gasteiger partial charge on any atom is 0.263 e. The number of sulfonamides is 1. The zero-order chi connectivity index (χ0) is 21.5. The number of hydrogen-bond donors (Lipinski definition) is 1. The molecule has 4 rings (SSSR count). The van der Waals surface area contributed by atoms with Gasteiger partial charge < -0.3 is 4.52 Å². The highest BCUT2D eigenvalue weighted by Gasteiger charge is 2.37. The second-order valence-corrected chi connectivity index (χ2v) is 9.24. The van der Waals surface area contributed by atoms with E-state index in [1.807, 2.05) is 0 Å². The van der Waals surface area contributed by atoms with Crippen molar-refractivity contribution in [3.05, 3.63) is 71.5 Å². The molecule has 1 unspecified atom stereocenters. The quantitative estimate of drug-likeness (QED) is 0.634. The van der Waals surface area contributed by atoms with E-state index in [0.717, 1.165) is 23.9 Å². The summed E-state index contributed by atoms with van der Waals surface area (Å²) in [4.78, 5) is 13.6. The number of carbonyl (C=O) groups is 1. The Morgan fingerprint density at radius 3 is 2.43 bits per heavy atom. The number of rotatable bonds is 5. The minimum absolute atomic E-state index is 0.0396. The van der Waals surface area contributed by atoms with Crippen LogP contribution in [0.25, 0.3) is 0 Å². The number of aromatic nitrogens is 1. The lowest BCUT2D eigenvalue weighted by Crippen LogP contribution is -2.28. The van der Waals surface area contributed by atoms with Crippen LogP contribution in [0.15, 0.2) is 57.9 Å². The Hall–Kier alpha value is -2.92. The molecule has 30 heavy (non-hydrogen) atoms. The smallest absolute Gasteiger partial charge is 0.263 e. The summed E-state index contributed by atoms with van der Waals surface area (Å²) in [5.74, 6) is -1.31. The Labute approximate surface area is 175 Å². The minimum atomic E-state index is -3.93. The van der Waals surface area contributed by atoms with Crippen LogP contribution in [0.3, 0.4) is 0 Å². The third kappa shape index (κ3) is 3.77. The third-order valence-corrected chi connectivity index (χ3v) is 6.95. The highest BCUT2D eigenvalue weighted by Crippen LogP contribution is 2.43. The van der Waals surface area contributed by atoms with E-state index >= 15 is 0 Å². The molecule has 3 aromatic rings. The van der Waals surface area contributed by atoms with Crippen molar-refractivity contribution in [3.63, 3.8) is 0 Å². The second-order valence-electron chi connectivity index (χ2n) is 6.48. The van der Waals surface area contributed by atoms with E-state index in [2.05, 4.69) is 9.88 Å². The van der Waals surface area contributed by atoms with Gasteiger partial charge in [-0.3, -0.25) is 14.4 Å². The number of amides is 1. The van der Waals surface area contributed by atoms with Crippen LogP contribution >= 0.6 is 11.8 Å². The van der Waals surface area contributed by atoms with Gasteiger partial charge in [0, 0.05) is 11.8 Å². The molecular weight excluding hydrogens is 436 g/mol. The maximum atomic E-state index is 14.3. The topological polar surface area (TPSA) is 92.5 Å². The number of halogens is 2. The van der Waals surface area contributed by atoms with Crippen molar-refractivity contribution in [3.8, 4) is 0 Å². The highest BCUT2D eigenvalue weighted by atomic mass is 32.2. The fourth-order valence-corrected chi connectivity index (χ4v) is 5.26. The number of hydrogen-bond acceptors (Lipinski definition) is 6. The number of nitrogens with one attached hydrogen (secondary N) is 1. The first-order valence-electron chi connectivity index (χ1n) is 8.70. The van der Waals surface area contributed by atoms with Crippen molar-refractivity contribution in [1.29, 1.82) is 0 Å². The van der Waals surface area contributed by atoms with Crippen LogP contribution in [0.5, 0.6) is 0 Å². The van der Waals surface area contributed by atoms with E-state index < -0.39 is 27.0 Å². The Kier molecular flexibility index (Phi) is 5.24. The molecule has 7 nitrogen and oxygen atoms in total. The number of aryl methyl sites for hydroxylation is 1. The average molecular weight is 451 g/mol. The first kappa shape index (κ1) is 20.4. The Balaban J connectivity index is 1.63. The van der Waals surface area contributed by atoms with Crippen molar-refractivity contribution >= 4 is 39.2 Å². The van der Waals surface area contributed by atoms with Gasteiger partial charge in [-0.2, -0.15) is 0 Å². The number of benzene rings is 2. The van der Waals surface area contributed by atoms with E-state index in [0.29, 0.717) is 11.4 Å². The van der Waals surface area contributed by atoms with Crippen molar-refractivity contribution in [2.75, 3.05) is 15.4 Å². The molecule has 1 N–H and O–H groups in total. The first-order chi connectivity index (χ1) is 14.3. The molecule has 1 amide bonds. The predicted molar refractivity (Wildman–Crippen MR) is 108 cm³/mol. The molecule has 2 aromatic carbocycles. The normalized spacial score (nSPS) is 16.8. The average Bonchev–Trinajstić information content (AvgIpc) is 3.27. The zero-order valence-corrected chi connectivity index (χ0v) is 17.1. The van der Waals surface area contributed by atoms with Crippen LogP contribution in [0.4, 0.5) is 20.3 Å². The van der Waals surface area contributed by atoms with Crippen LogP contribution in [0.2, 0.25) is 0 Å². The highest BCUT2D eigenvalue weighted by molar-refractivity contribution is 8.00. The largest absolute Gasteiger partial charge is 0.360 e. The van der Waals surface area contributed by atoms with Crippen LogP contribution < -0.4 is 9.62 Å². The van der Waals surface area contributed by atoms with E-state index in [9.17, 15) is 22.0 Å². The molecule has 1 atom stereocenters. The molecule has 2 heterocycles. The van der Waals surface area contributed by atoms with Gasteiger partial charge in [0.15, 0.2) is 5.82 Å². The van der Waals surface area contributed by atoms with Gasteiger partial charge in [-0.15, -0.1) is 11.8 Å². The second kappa shape index (κ2) is 7.73. The fourth-order valence-electron chi connectivity index (χ4n) is 3.06. The van der Waals surface area contributed by atoms with Crippen molar-refractivity contribution < 1.29 is 26.5 Å². The van der Waals surface area contributed by atoms with Gasteiger partial charge in [-0.1, -0.05) is 11.2 Å².